The summed E-state index contributed by atoms with van der Waals surface area (Å²) in [6.45, 7) is 7.73. The maximum absolute atomic E-state index is 10.1. The molecule has 1 aliphatic heterocycles. The third-order valence-corrected chi connectivity index (χ3v) is 9.01. The Bertz CT molecular complexity index is 1200. The number of aromatic nitrogens is 3. The molecule has 1 saturated heterocycles. The smallest absolute Gasteiger partial charge is 0.224 e. The monoisotopic (exact) mass is 502 g/mol. The van der Waals surface area contributed by atoms with Gasteiger partial charge in [0, 0.05) is 67.6 Å². The van der Waals surface area contributed by atoms with Crippen LogP contribution in [0.4, 0.5) is 5.95 Å². The third kappa shape index (κ3) is 4.89. The van der Waals surface area contributed by atoms with Crippen LogP contribution in [0.1, 0.15) is 69.9 Å². The molecule has 0 radical (unpaired) electrons. The van der Waals surface area contributed by atoms with Gasteiger partial charge < -0.3 is 19.9 Å². The van der Waals surface area contributed by atoms with E-state index in [1.165, 1.54) is 29.5 Å². The highest BCUT2D eigenvalue weighted by Crippen LogP contribution is 2.51. The van der Waals surface area contributed by atoms with E-state index in [0.29, 0.717) is 12.0 Å². The van der Waals surface area contributed by atoms with Crippen molar-refractivity contribution in [3.8, 4) is 11.1 Å². The number of benzene rings is 1. The van der Waals surface area contributed by atoms with Gasteiger partial charge in [-0.25, -0.2) is 4.98 Å². The first-order valence-electron chi connectivity index (χ1n) is 14.4. The SMILES string of the molecule is CCCCNc1ncc2c(-c3ccc(C4(N5CCN(C)CC5)CC4)cc3)cn(C3CCC(O)CC3)c2n1. The molecule has 2 aromatic heterocycles. The quantitative estimate of drug-likeness (QED) is 0.422. The van der Waals surface area contributed by atoms with Crippen molar-refractivity contribution in [1.29, 1.82) is 0 Å². The molecule has 3 aromatic rings. The number of fused-ring (bicyclic) bond motifs is 1. The molecule has 2 saturated carbocycles. The lowest BCUT2D eigenvalue weighted by Gasteiger charge is -2.38. The predicted octanol–water partition coefficient (Wildman–Crippen LogP) is 5.02. The largest absolute Gasteiger partial charge is 0.393 e. The topological polar surface area (TPSA) is 69.5 Å². The molecule has 7 heteroatoms. The van der Waals surface area contributed by atoms with Gasteiger partial charge in [-0.15, -0.1) is 0 Å². The highest BCUT2D eigenvalue weighted by Gasteiger charge is 2.49. The molecule has 7 nitrogen and oxygen atoms in total. The summed E-state index contributed by atoms with van der Waals surface area (Å²) in [5.41, 5.74) is 5.15. The lowest BCUT2D eigenvalue weighted by molar-refractivity contribution is 0.0976. The number of aliphatic hydroxyl groups excluding tert-OH is 1. The highest BCUT2D eigenvalue weighted by atomic mass is 16.3. The summed E-state index contributed by atoms with van der Waals surface area (Å²) in [5, 5.41) is 14.6. The van der Waals surface area contributed by atoms with Crippen LogP contribution in [-0.2, 0) is 5.54 Å². The molecule has 3 aliphatic rings. The Labute approximate surface area is 220 Å². The van der Waals surface area contributed by atoms with Gasteiger partial charge in [0.2, 0.25) is 5.95 Å². The summed E-state index contributed by atoms with van der Waals surface area (Å²) in [6, 6.07) is 9.71. The molecule has 3 heterocycles. The second-order valence-electron chi connectivity index (χ2n) is 11.5. The summed E-state index contributed by atoms with van der Waals surface area (Å²) < 4.78 is 2.36. The zero-order valence-electron chi connectivity index (χ0n) is 22.5. The van der Waals surface area contributed by atoms with E-state index in [-0.39, 0.29) is 11.6 Å². The first-order valence-corrected chi connectivity index (χ1v) is 14.4. The lowest BCUT2D eigenvalue weighted by atomic mass is 9.93. The normalized spacial score (nSPS) is 24.4. The summed E-state index contributed by atoms with van der Waals surface area (Å²) in [6.07, 6.45) is 12.6. The molecular weight excluding hydrogens is 460 g/mol. The van der Waals surface area contributed by atoms with Crippen LogP contribution >= 0.6 is 0 Å². The Hall–Kier alpha value is -2.48. The van der Waals surface area contributed by atoms with E-state index in [0.717, 1.165) is 82.3 Å². The van der Waals surface area contributed by atoms with Crippen LogP contribution < -0.4 is 5.32 Å². The number of likely N-dealkylation sites (N-methyl/N-ethyl adjacent to an activating group) is 1. The van der Waals surface area contributed by atoms with Crippen LogP contribution in [0.3, 0.4) is 0 Å². The Morgan fingerprint density at radius 3 is 2.43 bits per heavy atom. The van der Waals surface area contributed by atoms with Crippen LogP contribution in [0.2, 0.25) is 0 Å². The molecule has 6 rings (SSSR count). The summed E-state index contributed by atoms with van der Waals surface area (Å²) in [5.74, 6) is 0.709. The van der Waals surface area contributed by atoms with Crippen LogP contribution in [0.15, 0.2) is 36.7 Å². The van der Waals surface area contributed by atoms with Crippen molar-refractivity contribution in [1.82, 2.24) is 24.3 Å². The van der Waals surface area contributed by atoms with Crippen molar-refractivity contribution in [3.63, 3.8) is 0 Å². The standard InChI is InChI=1S/C30H42N6O/c1-3-4-15-31-29-32-20-26-27(21-36(28(26)33-29)24-9-11-25(37)12-10-24)22-5-7-23(8-6-22)30(13-14-30)35-18-16-34(2)17-19-35/h5-8,20-21,24-25,37H,3-4,9-19H2,1-2H3,(H,31,32,33). The maximum Gasteiger partial charge on any atom is 0.224 e. The fraction of sp³-hybridized carbons (Fsp3) is 0.600. The zero-order valence-corrected chi connectivity index (χ0v) is 22.5. The Morgan fingerprint density at radius 2 is 1.76 bits per heavy atom. The number of hydrogen-bond donors (Lipinski definition) is 2. The molecule has 3 fully saturated rings. The number of nitrogens with one attached hydrogen (secondary N) is 1. The van der Waals surface area contributed by atoms with E-state index in [2.05, 4.69) is 69.1 Å². The minimum Gasteiger partial charge on any atom is -0.393 e. The Balaban J connectivity index is 1.31. The van der Waals surface area contributed by atoms with Gasteiger partial charge in [-0.2, -0.15) is 4.98 Å². The molecule has 2 aliphatic carbocycles. The predicted molar refractivity (Wildman–Crippen MR) is 150 cm³/mol. The van der Waals surface area contributed by atoms with E-state index < -0.39 is 0 Å². The number of piperazine rings is 1. The van der Waals surface area contributed by atoms with E-state index in [1.54, 1.807) is 0 Å². The van der Waals surface area contributed by atoms with Gasteiger partial charge in [0.15, 0.2) is 0 Å². The second-order valence-corrected chi connectivity index (χ2v) is 11.5. The van der Waals surface area contributed by atoms with Gasteiger partial charge in [0.25, 0.3) is 0 Å². The molecule has 0 spiro atoms. The summed E-state index contributed by atoms with van der Waals surface area (Å²) in [7, 11) is 2.23. The second kappa shape index (κ2) is 10.4. The molecule has 0 amide bonds. The molecule has 0 bridgehead atoms. The van der Waals surface area contributed by atoms with Crippen molar-refractivity contribution in [2.24, 2.45) is 0 Å². The molecule has 0 unspecified atom stereocenters. The van der Waals surface area contributed by atoms with Crippen LogP contribution in [0.25, 0.3) is 22.2 Å². The van der Waals surface area contributed by atoms with Crippen LogP contribution in [0, 0.1) is 0 Å². The van der Waals surface area contributed by atoms with Crippen LogP contribution in [-0.4, -0.2) is 75.3 Å². The molecule has 0 atom stereocenters. The van der Waals surface area contributed by atoms with Crippen molar-refractivity contribution < 1.29 is 5.11 Å². The third-order valence-electron chi connectivity index (χ3n) is 9.01. The highest BCUT2D eigenvalue weighted by molar-refractivity contribution is 5.94. The van der Waals surface area contributed by atoms with Gasteiger partial charge in [0.1, 0.15) is 5.65 Å². The first kappa shape index (κ1) is 24.8. The summed E-state index contributed by atoms with van der Waals surface area (Å²) in [4.78, 5) is 14.8. The fourth-order valence-electron chi connectivity index (χ4n) is 6.44. The zero-order chi connectivity index (χ0) is 25.4. The average molecular weight is 503 g/mol. The number of unbranched alkanes of at least 4 members (excludes halogenated alkanes) is 1. The van der Waals surface area contributed by atoms with Crippen molar-refractivity contribution in [3.05, 3.63) is 42.2 Å². The van der Waals surface area contributed by atoms with Crippen molar-refractivity contribution in [2.45, 2.75) is 76.0 Å². The van der Waals surface area contributed by atoms with Crippen LogP contribution in [0.5, 0.6) is 0 Å². The van der Waals surface area contributed by atoms with Gasteiger partial charge in [0.05, 0.1) is 6.10 Å². The van der Waals surface area contributed by atoms with E-state index >= 15 is 0 Å². The number of anilines is 1. The minimum atomic E-state index is -0.166. The first-order chi connectivity index (χ1) is 18.1. The van der Waals surface area contributed by atoms with Gasteiger partial charge in [-0.1, -0.05) is 37.6 Å². The summed E-state index contributed by atoms with van der Waals surface area (Å²) >= 11 is 0. The maximum atomic E-state index is 10.1. The lowest BCUT2D eigenvalue weighted by Crippen LogP contribution is -2.49. The molecule has 1 aromatic carbocycles. The molecule has 37 heavy (non-hydrogen) atoms. The molecular formula is C30H42N6O. The van der Waals surface area contributed by atoms with Gasteiger partial charge >= 0.3 is 0 Å². The van der Waals surface area contributed by atoms with E-state index in [9.17, 15) is 5.11 Å². The van der Waals surface area contributed by atoms with Gasteiger partial charge in [-0.3, -0.25) is 4.90 Å². The average Bonchev–Trinajstić information content (AvgIpc) is 3.65. The Morgan fingerprint density at radius 1 is 1.03 bits per heavy atom. The number of rotatable bonds is 8. The minimum absolute atomic E-state index is 0.166. The Kier molecular flexibility index (Phi) is 6.95. The van der Waals surface area contributed by atoms with Gasteiger partial charge in [-0.05, 0) is 63.1 Å². The van der Waals surface area contributed by atoms with Crippen molar-refractivity contribution in [2.75, 3.05) is 45.1 Å². The van der Waals surface area contributed by atoms with E-state index in [4.69, 9.17) is 4.98 Å². The molecule has 2 N–H and O–H groups in total. The van der Waals surface area contributed by atoms with Crippen molar-refractivity contribution >= 4 is 17.0 Å². The number of hydrogen-bond acceptors (Lipinski definition) is 6. The number of aliphatic hydroxyl groups is 1. The van der Waals surface area contributed by atoms with E-state index in [1.807, 2.05) is 6.20 Å². The fourth-order valence-corrected chi connectivity index (χ4v) is 6.44. The number of nitrogens with zero attached hydrogens (tertiary/aromatic N) is 5. The molecule has 198 valence electrons.